The molecule has 1 unspecified atom stereocenters. The van der Waals surface area contributed by atoms with Crippen LogP contribution in [0.15, 0.2) is 29.8 Å². The Hall–Kier alpha value is -1.44. The smallest absolute Gasteiger partial charge is 0.274 e. The first kappa shape index (κ1) is 14.5. The molecule has 2 N–H and O–H groups in total. The SMILES string of the molecule is NCC1SCCN1C(=O)c1ncsc1-c1cccc(F)c1. The van der Waals surface area contributed by atoms with Crippen LogP contribution in [0.3, 0.4) is 0 Å². The number of hydrogen-bond donors (Lipinski definition) is 1. The first-order valence-corrected chi connectivity index (χ1v) is 8.45. The lowest BCUT2D eigenvalue weighted by Gasteiger charge is -2.22. The number of carbonyl (C=O) groups excluding carboxylic acids is 1. The zero-order chi connectivity index (χ0) is 14.8. The van der Waals surface area contributed by atoms with Gasteiger partial charge in [0.15, 0.2) is 0 Å². The summed E-state index contributed by atoms with van der Waals surface area (Å²) in [6.45, 7) is 1.10. The Morgan fingerprint density at radius 1 is 1.52 bits per heavy atom. The molecule has 1 atom stereocenters. The van der Waals surface area contributed by atoms with E-state index in [9.17, 15) is 9.18 Å². The quantitative estimate of drug-likeness (QED) is 0.942. The van der Waals surface area contributed by atoms with Gasteiger partial charge in [-0.3, -0.25) is 4.79 Å². The summed E-state index contributed by atoms with van der Waals surface area (Å²) in [5.41, 5.74) is 8.38. The van der Waals surface area contributed by atoms with Crippen molar-refractivity contribution in [3.05, 3.63) is 41.3 Å². The van der Waals surface area contributed by atoms with Crippen LogP contribution in [-0.2, 0) is 0 Å². The van der Waals surface area contributed by atoms with Gasteiger partial charge in [-0.15, -0.1) is 23.1 Å². The Morgan fingerprint density at radius 3 is 3.14 bits per heavy atom. The Bertz CT molecular complexity index is 661. The van der Waals surface area contributed by atoms with E-state index in [-0.39, 0.29) is 17.1 Å². The van der Waals surface area contributed by atoms with Gasteiger partial charge in [0.1, 0.15) is 11.5 Å². The Morgan fingerprint density at radius 2 is 2.38 bits per heavy atom. The fraction of sp³-hybridized carbons (Fsp3) is 0.286. The Balaban J connectivity index is 1.94. The van der Waals surface area contributed by atoms with E-state index in [1.165, 1.54) is 23.5 Å². The van der Waals surface area contributed by atoms with Crippen LogP contribution in [0.5, 0.6) is 0 Å². The van der Waals surface area contributed by atoms with E-state index in [0.29, 0.717) is 29.2 Å². The van der Waals surface area contributed by atoms with E-state index >= 15 is 0 Å². The summed E-state index contributed by atoms with van der Waals surface area (Å²) in [5.74, 6) is 0.430. The number of rotatable bonds is 3. The number of benzene rings is 1. The van der Waals surface area contributed by atoms with E-state index in [1.807, 2.05) is 0 Å². The third-order valence-electron chi connectivity index (χ3n) is 3.31. The van der Waals surface area contributed by atoms with Crippen LogP contribution in [0.4, 0.5) is 4.39 Å². The number of nitrogens with zero attached hydrogens (tertiary/aromatic N) is 2. The topological polar surface area (TPSA) is 59.2 Å². The molecule has 1 aliphatic heterocycles. The average Bonchev–Trinajstić information content (AvgIpc) is 3.15. The summed E-state index contributed by atoms with van der Waals surface area (Å²) in [7, 11) is 0. The molecule has 21 heavy (non-hydrogen) atoms. The van der Waals surface area contributed by atoms with Gasteiger partial charge in [0.05, 0.1) is 15.8 Å². The third kappa shape index (κ3) is 2.81. The zero-order valence-electron chi connectivity index (χ0n) is 11.2. The highest BCUT2D eigenvalue weighted by Gasteiger charge is 2.31. The standard InChI is InChI=1S/C14H14FN3OS2/c15-10-3-1-2-9(6-10)13-12(17-8-21-13)14(19)18-4-5-20-11(18)7-16/h1-3,6,8,11H,4-5,7,16H2. The molecule has 7 heteroatoms. The van der Waals surface area contributed by atoms with Gasteiger partial charge < -0.3 is 10.6 Å². The van der Waals surface area contributed by atoms with Crippen molar-refractivity contribution in [2.75, 3.05) is 18.8 Å². The van der Waals surface area contributed by atoms with Crippen molar-refractivity contribution in [1.29, 1.82) is 0 Å². The summed E-state index contributed by atoms with van der Waals surface area (Å²) in [5, 5.41) is -0.000408. The summed E-state index contributed by atoms with van der Waals surface area (Å²) in [6.07, 6.45) is 0. The highest BCUT2D eigenvalue weighted by atomic mass is 32.2. The molecule has 4 nitrogen and oxygen atoms in total. The van der Waals surface area contributed by atoms with Gasteiger partial charge in [0, 0.05) is 18.8 Å². The number of amides is 1. The van der Waals surface area contributed by atoms with Gasteiger partial charge in [-0.1, -0.05) is 12.1 Å². The second kappa shape index (κ2) is 6.13. The number of hydrogen-bond acceptors (Lipinski definition) is 5. The third-order valence-corrected chi connectivity index (χ3v) is 5.43. The van der Waals surface area contributed by atoms with Crippen molar-refractivity contribution < 1.29 is 9.18 Å². The second-order valence-corrected chi connectivity index (χ2v) is 6.74. The highest BCUT2D eigenvalue weighted by Crippen LogP contribution is 2.31. The van der Waals surface area contributed by atoms with Crippen LogP contribution in [0.2, 0.25) is 0 Å². The molecule has 1 amide bonds. The molecular formula is C14H14FN3OS2. The monoisotopic (exact) mass is 323 g/mol. The molecule has 1 aromatic carbocycles. The number of carbonyl (C=O) groups is 1. The molecule has 1 saturated heterocycles. The molecule has 2 aromatic rings. The molecule has 1 aromatic heterocycles. The Kier molecular flexibility index (Phi) is 4.23. The van der Waals surface area contributed by atoms with Gasteiger partial charge in [0.25, 0.3) is 5.91 Å². The minimum Gasteiger partial charge on any atom is -0.328 e. The van der Waals surface area contributed by atoms with Crippen molar-refractivity contribution in [3.8, 4) is 10.4 Å². The molecule has 0 spiro atoms. The van der Waals surface area contributed by atoms with Gasteiger partial charge in [0.2, 0.25) is 0 Å². The largest absolute Gasteiger partial charge is 0.328 e. The normalized spacial score (nSPS) is 18.2. The van der Waals surface area contributed by atoms with Crippen LogP contribution >= 0.6 is 23.1 Å². The van der Waals surface area contributed by atoms with Crippen molar-refractivity contribution in [3.63, 3.8) is 0 Å². The van der Waals surface area contributed by atoms with Crippen molar-refractivity contribution in [2.45, 2.75) is 5.37 Å². The fourth-order valence-corrected chi connectivity index (χ4v) is 4.19. The molecule has 1 fully saturated rings. The first-order chi connectivity index (χ1) is 10.2. The van der Waals surface area contributed by atoms with Crippen LogP contribution in [-0.4, -0.2) is 40.0 Å². The van der Waals surface area contributed by atoms with Crippen molar-refractivity contribution >= 4 is 29.0 Å². The molecule has 0 aliphatic carbocycles. The maximum Gasteiger partial charge on any atom is 0.274 e. The predicted octanol–water partition coefficient (Wildman–Crippen LogP) is 2.42. The first-order valence-electron chi connectivity index (χ1n) is 6.53. The van der Waals surface area contributed by atoms with Crippen LogP contribution in [0.1, 0.15) is 10.5 Å². The number of halogens is 1. The molecule has 0 bridgehead atoms. The average molecular weight is 323 g/mol. The van der Waals surface area contributed by atoms with Gasteiger partial charge in [-0.25, -0.2) is 9.37 Å². The fourth-order valence-electron chi connectivity index (χ4n) is 2.32. The van der Waals surface area contributed by atoms with Crippen molar-refractivity contribution in [1.82, 2.24) is 9.88 Å². The lowest BCUT2D eigenvalue weighted by atomic mass is 10.1. The van der Waals surface area contributed by atoms with E-state index < -0.39 is 0 Å². The molecule has 2 heterocycles. The molecule has 110 valence electrons. The van der Waals surface area contributed by atoms with Gasteiger partial charge in [-0.05, 0) is 17.7 Å². The molecule has 3 rings (SSSR count). The molecule has 0 radical (unpaired) electrons. The number of thioether (sulfide) groups is 1. The van der Waals surface area contributed by atoms with Gasteiger partial charge >= 0.3 is 0 Å². The van der Waals surface area contributed by atoms with Crippen LogP contribution in [0.25, 0.3) is 10.4 Å². The maximum absolute atomic E-state index is 13.4. The second-order valence-electron chi connectivity index (χ2n) is 4.60. The van der Waals surface area contributed by atoms with E-state index in [0.717, 1.165) is 5.75 Å². The summed E-state index contributed by atoms with van der Waals surface area (Å²) in [6, 6.07) is 6.22. The minimum atomic E-state index is -0.323. The molecular weight excluding hydrogens is 309 g/mol. The van der Waals surface area contributed by atoms with Gasteiger partial charge in [-0.2, -0.15) is 0 Å². The summed E-state index contributed by atoms with van der Waals surface area (Å²) < 4.78 is 13.4. The maximum atomic E-state index is 13.4. The van der Waals surface area contributed by atoms with E-state index in [2.05, 4.69) is 4.98 Å². The zero-order valence-corrected chi connectivity index (χ0v) is 12.8. The summed E-state index contributed by atoms with van der Waals surface area (Å²) >= 11 is 3.02. The predicted molar refractivity (Wildman–Crippen MR) is 83.8 cm³/mol. The van der Waals surface area contributed by atoms with E-state index in [1.54, 1.807) is 34.3 Å². The lowest BCUT2D eigenvalue weighted by molar-refractivity contribution is 0.0760. The number of nitrogens with two attached hydrogens (primary N) is 1. The lowest BCUT2D eigenvalue weighted by Crippen LogP contribution is -2.39. The van der Waals surface area contributed by atoms with Crippen LogP contribution in [0, 0.1) is 5.82 Å². The minimum absolute atomic E-state index is 0.000408. The van der Waals surface area contributed by atoms with Crippen LogP contribution < -0.4 is 5.73 Å². The molecule has 1 aliphatic rings. The van der Waals surface area contributed by atoms with Crippen molar-refractivity contribution in [2.24, 2.45) is 5.73 Å². The summed E-state index contributed by atoms with van der Waals surface area (Å²) in [4.78, 5) is 19.3. The molecule has 0 saturated carbocycles. The Labute approximate surface area is 130 Å². The number of thiazole rings is 1. The van der Waals surface area contributed by atoms with E-state index in [4.69, 9.17) is 5.73 Å². The highest BCUT2D eigenvalue weighted by molar-refractivity contribution is 8.00. The number of aromatic nitrogens is 1.